The van der Waals surface area contributed by atoms with Gasteiger partial charge in [0.1, 0.15) is 0 Å². The summed E-state index contributed by atoms with van der Waals surface area (Å²) in [5.41, 5.74) is 7.85. The second kappa shape index (κ2) is 7.43. The van der Waals surface area contributed by atoms with E-state index in [-0.39, 0.29) is 0 Å². The third-order valence-electron chi connectivity index (χ3n) is 2.70. The van der Waals surface area contributed by atoms with Gasteiger partial charge in [-0.3, -0.25) is 5.43 Å². The highest BCUT2D eigenvalue weighted by Gasteiger charge is 2.11. The van der Waals surface area contributed by atoms with Crippen LogP contribution < -0.4 is 10.7 Å². The zero-order valence-corrected chi connectivity index (χ0v) is 14.0. The fraction of sp³-hybridized carbons (Fsp3) is 0.500. The Labute approximate surface area is 122 Å². The monoisotopic (exact) mass is 293 g/mol. The fourth-order valence-electron chi connectivity index (χ4n) is 1.61. The normalized spacial score (nSPS) is 14.5. The van der Waals surface area contributed by atoms with E-state index in [4.69, 9.17) is 12.2 Å². The first-order chi connectivity index (χ1) is 8.88. The molecule has 0 heterocycles. The summed E-state index contributed by atoms with van der Waals surface area (Å²) in [6, 6.07) is 1.31. The van der Waals surface area contributed by atoms with Crippen molar-refractivity contribution in [3.8, 4) is 0 Å². The summed E-state index contributed by atoms with van der Waals surface area (Å²) in [5.74, 6) is 0. The number of rotatable bonds is 6. The van der Waals surface area contributed by atoms with Crippen molar-refractivity contribution in [2.24, 2.45) is 5.10 Å². The van der Waals surface area contributed by atoms with E-state index in [0.29, 0.717) is 5.11 Å². The standard InChI is InChI=1S/C14H23N3SSi/c1-12(13-8-5-6-9-13)16-17-14(18)15-10-7-11-19(2,3)4/h5-6,8H,7,10-11H2,1-4H3,(H2,15,17,18)/b16-12+. The van der Waals surface area contributed by atoms with Gasteiger partial charge in [0.15, 0.2) is 5.11 Å². The Balaban J connectivity index is 2.23. The molecule has 5 heteroatoms. The molecule has 2 N–H and O–H groups in total. The molecular weight excluding hydrogens is 270 g/mol. The minimum absolute atomic E-state index is 0.585. The van der Waals surface area contributed by atoms with Crippen LogP contribution in [0, 0.1) is 0 Å². The summed E-state index contributed by atoms with van der Waals surface area (Å²) < 4.78 is 0. The zero-order chi connectivity index (χ0) is 14.3. The molecule has 0 bridgehead atoms. The Morgan fingerprint density at radius 1 is 1.42 bits per heavy atom. The topological polar surface area (TPSA) is 36.4 Å². The van der Waals surface area contributed by atoms with Crippen LogP contribution in [0.5, 0.6) is 0 Å². The van der Waals surface area contributed by atoms with Crippen LogP contribution >= 0.6 is 12.2 Å². The van der Waals surface area contributed by atoms with Crippen molar-refractivity contribution in [3.63, 3.8) is 0 Å². The number of thiocarbonyl (C=S) groups is 1. The van der Waals surface area contributed by atoms with Crippen molar-refractivity contribution < 1.29 is 0 Å². The largest absolute Gasteiger partial charge is 0.361 e. The first-order valence-corrected chi connectivity index (χ1v) is 10.7. The van der Waals surface area contributed by atoms with Crippen LogP contribution in [0.15, 0.2) is 34.6 Å². The first kappa shape index (κ1) is 15.9. The highest BCUT2D eigenvalue weighted by atomic mass is 32.1. The number of hydrogen-bond acceptors (Lipinski definition) is 2. The van der Waals surface area contributed by atoms with Gasteiger partial charge in [0.05, 0.1) is 5.71 Å². The molecule has 0 unspecified atom stereocenters. The molecule has 3 nitrogen and oxygen atoms in total. The van der Waals surface area contributed by atoms with Gasteiger partial charge in [-0.05, 0) is 37.7 Å². The average molecular weight is 294 g/mol. The smallest absolute Gasteiger partial charge is 0.186 e. The van der Waals surface area contributed by atoms with Gasteiger partial charge < -0.3 is 5.32 Å². The molecule has 1 aliphatic carbocycles. The molecule has 0 saturated heterocycles. The molecule has 0 aromatic heterocycles. The minimum Gasteiger partial charge on any atom is -0.361 e. The first-order valence-electron chi connectivity index (χ1n) is 6.60. The van der Waals surface area contributed by atoms with Crippen LogP contribution in [-0.2, 0) is 0 Å². The number of nitrogens with zero attached hydrogens (tertiary/aromatic N) is 1. The maximum atomic E-state index is 5.18. The van der Waals surface area contributed by atoms with Gasteiger partial charge >= 0.3 is 0 Å². The summed E-state index contributed by atoms with van der Waals surface area (Å²) in [7, 11) is -0.937. The van der Waals surface area contributed by atoms with E-state index >= 15 is 0 Å². The number of hydrazone groups is 1. The van der Waals surface area contributed by atoms with E-state index in [1.807, 2.05) is 25.2 Å². The summed E-state index contributed by atoms with van der Waals surface area (Å²) in [6.45, 7) is 9.99. The summed E-state index contributed by atoms with van der Waals surface area (Å²) >= 11 is 5.18. The summed E-state index contributed by atoms with van der Waals surface area (Å²) in [5, 5.41) is 8.00. The van der Waals surface area contributed by atoms with Crippen molar-refractivity contribution in [2.75, 3.05) is 6.54 Å². The van der Waals surface area contributed by atoms with Crippen molar-refractivity contribution >= 4 is 31.1 Å². The quantitative estimate of drug-likeness (QED) is 0.197. The fourth-order valence-corrected chi connectivity index (χ4v) is 3.00. The number of hydrogen-bond donors (Lipinski definition) is 2. The average Bonchev–Trinajstić information content (AvgIpc) is 2.84. The van der Waals surface area contributed by atoms with Gasteiger partial charge in [-0.2, -0.15) is 5.10 Å². The van der Waals surface area contributed by atoms with Gasteiger partial charge in [-0.25, -0.2) is 0 Å². The molecular formula is C14H23N3SSi. The predicted octanol–water partition coefficient (Wildman–Crippen LogP) is 3.21. The Morgan fingerprint density at radius 3 is 2.74 bits per heavy atom. The maximum Gasteiger partial charge on any atom is 0.186 e. The zero-order valence-electron chi connectivity index (χ0n) is 12.2. The van der Waals surface area contributed by atoms with Crippen molar-refractivity contribution in [2.45, 2.75) is 39.0 Å². The lowest BCUT2D eigenvalue weighted by molar-refractivity contribution is 0.807. The summed E-state index contributed by atoms with van der Waals surface area (Å²) in [6.07, 6.45) is 6.96. The molecule has 1 rings (SSSR count). The Morgan fingerprint density at radius 2 is 2.16 bits per heavy atom. The van der Waals surface area contributed by atoms with E-state index in [0.717, 1.165) is 24.3 Å². The lowest BCUT2D eigenvalue weighted by Crippen LogP contribution is -2.34. The predicted molar refractivity (Wildman–Crippen MR) is 90.4 cm³/mol. The van der Waals surface area contributed by atoms with Crippen LogP contribution in [0.3, 0.4) is 0 Å². The van der Waals surface area contributed by atoms with Crippen LogP contribution in [0.1, 0.15) is 13.3 Å². The van der Waals surface area contributed by atoms with Crippen molar-refractivity contribution in [1.29, 1.82) is 0 Å². The third kappa shape index (κ3) is 7.11. The molecule has 0 aliphatic heterocycles. The molecule has 0 aromatic carbocycles. The molecule has 0 fully saturated rings. The molecule has 0 atom stereocenters. The van der Waals surface area contributed by atoms with Gasteiger partial charge in [0, 0.05) is 20.2 Å². The second-order valence-electron chi connectivity index (χ2n) is 5.81. The van der Waals surface area contributed by atoms with Crippen molar-refractivity contribution in [1.82, 2.24) is 10.7 Å². The van der Waals surface area contributed by atoms with Crippen LogP contribution in [-0.4, -0.2) is 25.4 Å². The molecule has 0 saturated carbocycles. The van der Waals surface area contributed by atoms with Gasteiger partial charge in [0.25, 0.3) is 0 Å². The highest BCUT2D eigenvalue weighted by molar-refractivity contribution is 7.80. The summed E-state index contributed by atoms with van der Waals surface area (Å²) in [4.78, 5) is 0. The molecule has 0 aromatic rings. The van der Waals surface area contributed by atoms with Gasteiger partial charge in [-0.1, -0.05) is 31.8 Å². The van der Waals surface area contributed by atoms with Crippen LogP contribution in [0.25, 0.3) is 0 Å². The van der Waals surface area contributed by atoms with Gasteiger partial charge in [-0.15, -0.1) is 5.73 Å². The van der Waals surface area contributed by atoms with E-state index in [1.54, 1.807) is 0 Å². The highest BCUT2D eigenvalue weighted by Crippen LogP contribution is 2.09. The van der Waals surface area contributed by atoms with Crippen LogP contribution in [0.2, 0.25) is 25.7 Å². The van der Waals surface area contributed by atoms with Crippen LogP contribution in [0.4, 0.5) is 0 Å². The van der Waals surface area contributed by atoms with Crippen molar-refractivity contribution in [3.05, 3.63) is 29.5 Å². The molecule has 0 spiro atoms. The Kier molecular flexibility index (Phi) is 6.22. The van der Waals surface area contributed by atoms with E-state index in [9.17, 15) is 0 Å². The molecule has 0 radical (unpaired) electrons. The minimum atomic E-state index is -0.937. The Bertz CT molecular complexity index is 452. The lowest BCUT2D eigenvalue weighted by atomic mass is 10.2. The Hall–Kier alpha value is -1.16. The van der Waals surface area contributed by atoms with E-state index in [2.05, 4.69) is 41.2 Å². The molecule has 19 heavy (non-hydrogen) atoms. The number of allylic oxidation sites excluding steroid dienone is 3. The van der Waals surface area contributed by atoms with Gasteiger partial charge in [0.2, 0.25) is 0 Å². The van der Waals surface area contributed by atoms with E-state index < -0.39 is 8.07 Å². The maximum absolute atomic E-state index is 5.18. The molecule has 1 aliphatic rings. The third-order valence-corrected chi connectivity index (χ3v) is 4.79. The number of nitrogens with one attached hydrogen (secondary N) is 2. The molecule has 104 valence electrons. The van der Waals surface area contributed by atoms with E-state index in [1.165, 1.54) is 6.04 Å². The SMILES string of the molecule is C/C(=N\NC(=S)NCCC[Si](C)(C)C)C1=C=CC=C1. The molecule has 0 amide bonds. The second-order valence-corrected chi connectivity index (χ2v) is 11.8. The lowest BCUT2D eigenvalue weighted by Gasteiger charge is -2.15.